The lowest BCUT2D eigenvalue weighted by atomic mass is 10.0. The molecule has 1 amide bonds. The van der Waals surface area contributed by atoms with E-state index in [1.54, 1.807) is 0 Å². The van der Waals surface area contributed by atoms with Gasteiger partial charge < -0.3 is 20.3 Å². The molecular weight excluding hydrogens is 791 g/mol. The predicted molar refractivity (Wildman–Crippen MR) is 278 cm³/mol. The molecule has 3 N–H and O–H groups in total. The molecule has 0 fully saturated rings. The predicted octanol–water partition coefficient (Wildman–Crippen LogP) is 16.3. The molecule has 0 aliphatic rings. The zero-order valence-electron chi connectivity index (χ0n) is 41.9. The normalized spacial score (nSPS) is 13.9. The summed E-state index contributed by atoms with van der Waals surface area (Å²) in [7, 11) is 0. The van der Waals surface area contributed by atoms with Crippen LogP contribution in [0.5, 0.6) is 0 Å². The Morgan fingerprint density at radius 1 is 0.484 bits per heavy atom. The first-order chi connectivity index (χ1) is 31.5. The minimum atomic E-state index is -0.815. The summed E-state index contributed by atoms with van der Waals surface area (Å²) in [5, 5.41) is 23.8. The number of aliphatic hydroxyl groups is 2. The summed E-state index contributed by atoms with van der Waals surface area (Å²) in [4.78, 5) is 26.1. The summed E-state index contributed by atoms with van der Waals surface area (Å²) in [5.74, 6) is -0.622. The summed E-state index contributed by atoms with van der Waals surface area (Å²) in [5.41, 5.74) is 0. The Morgan fingerprint density at radius 2 is 0.906 bits per heavy atom. The van der Waals surface area contributed by atoms with Gasteiger partial charge in [-0.1, -0.05) is 241 Å². The minimum absolute atomic E-state index is 0.0116. The Bertz CT molecular complexity index is 1230. The van der Waals surface area contributed by atoms with E-state index in [4.69, 9.17) is 4.74 Å². The highest BCUT2D eigenvalue weighted by atomic mass is 16.5. The third-order valence-corrected chi connectivity index (χ3v) is 11.7. The third-order valence-electron chi connectivity index (χ3n) is 11.7. The summed E-state index contributed by atoms with van der Waals surface area (Å²) in [6.45, 7) is 6.34. The van der Waals surface area contributed by atoms with Crippen molar-refractivity contribution in [3.8, 4) is 0 Å². The summed E-state index contributed by atoms with van der Waals surface area (Å²) >= 11 is 0. The fraction of sp³-hybridized carbons (Fsp3) is 0.724. The van der Waals surface area contributed by atoms with Crippen molar-refractivity contribution >= 4 is 11.9 Å². The Labute approximate surface area is 395 Å². The zero-order chi connectivity index (χ0) is 46.7. The van der Waals surface area contributed by atoms with Gasteiger partial charge in [0.05, 0.1) is 25.2 Å². The molecule has 0 saturated heterocycles. The van der Waals surface area contributed by atoms with Gasteiger partial charge in [0.25, 0.3) is 0 Å². The smallest absolute Gasteiger partial charge is 0.306 e. The molecule has 0 heterocycles. The fourth-order valence-corrected chi connectivity index (χ4v) is 7.71. The van der Waals surface area contributed by atoms with E-state index in [1.807, 2.05) is 6.08 Å². The number of esters is 1. The first-order valence-corrected chi connectivity index (χ1v) is 26.8. The van der Waals surface area contributed by atoms with Gasteiger partial charge in [0.1, 0.15) is 6.10 Å². The van der Waals surface area contributed by atoms with E-state index < -0.39 is 18.2 Å². The third kappa shape index (κ3) is 45.6. The second-order valence-electron chi connectivity index (χ2n) is 17.9. The molecule has 64 heavy (non-hydrogen) atoms. The van der Waals surface area contributed by atoms with Crippen LogP contribution in [0.15, 0.2) is 85.1 Å². The van der Waals surface area contributed by atoms with Crippen LogP contribution in [-0.2, 0) is 14.3 Å². The number of hydrogen-bond donors (Lipinski definition) is 3. The number of ether oxygens (including phenoxy) is 1. The van der Waals surface area contributed by atoms with Crippen LogP contribution in [0.3, 0.4) is 0 Å². The number of aliphatic hydroxyl groups excluding tert-OH is 2. The van der Waals surface area contributed by atoms with Crippen molar-refractivity contribution in [2.24, 2.45) is 0 Å². The van der Waals surface area contributed by atoms with Crippen molar-refractivity contribution in [3.63, 3.8) is 0 Å². The Hall–Kier alpha value is -2.96. The highest BCUT2D eigenvalue weighted by Crippen LogP contribution is 2.17. The number of amides is 1. The van der Waals surface area contributed by atoms with Crippen LogP contribution in [0.2, 0.25) is 0 Å². The molecule has 0 aromatic rings. The molecule has 6 heteroatoms. The highest BCUT2D eigenvalue weighted by molar-refractivity contribution is 5.77. The monoisotopic (exact) mass is 892 g/mol. The van der Waals surface area contributed by atoms with Crippen molar-refractivity contribution < 1.29 is 24.5 Å². The van der Waals surface area contributed by atoms with Crippen molar-refractivity contribution in [2.45, 2.75) is 264 Å². The van der Waals surface area contributed by atoms with Gasteiger partial charge in [0, 0.05) is 6.42 Å². The number of carbonyl (C=O) groups is 2. The molecule has 0 spiro atoms. The molecule has 0 aliphatic carbocycles. The molecule has 0 bridgehead atoms. The quantitative estimate of drug-likeness (QED) is 0.0245. The molecule has 0 radical (unpaired) electrons. The molecule has 368 valence electrons. The van der Waals surface area contributed by atoms with Crippen LogP contribution >= 0.6 is 0 Å². The largest absolute Gasteiger partial charge is 0.462 e. The molecule has 6 nitrogen and oxygen atoms in total. The lowest BCUT2D eigenvalue weighted by Gasteiger charge is -2.24. The zero-order valence-corrected chi connectivity index (χ0v) is 41.9. The number of rotatable bonds is 47. The van der Waals surface area contributed by atoms with Gasteiger partial charge in [0.15, 0.2) is 0 Å². The maximum absolute atomic E-state index is 13.2. The Morgan fingerprint density at radius 3 is 1.38 bits per heavy atom. The average Bonchev–Trinajstić information content (AvgIpc) is 3.29. The minimum Gasteiger partial charge on any atom is -0.462 e. The Balaban J connectivity index is 4.73. The molecule has 0 saturated carbocycles. The van der Waals surface area contributed by atoms with Crippen LogP contribution in [0, 0.1) is 0 Å². The van der Waals surface area contributed by atoms with Crippen LogP contribution < -0.4 is 5.32 Å². The standard InChI is InChI=1S/C58H101NO5/c1-4-7-10-13-16-19-22-25-28-30-33-36-39-42-45-48-51-58(63)64-54(49-46-43-40-37-34-31-27-24-21-18-15-12-9-6-3)52-57(62)59-55(53-60)56(61)50-47-44-41-38-35-32-29-26-23-20-17-14-11-8-5-2/h7,10,16,19,25,28,31,33-34,36-37,40,42,45,54-56,60-61H,4-6,8-9,11-15,17-18,20-24,26-27,29-30,32,35,38-39,41,43-44,46-53H2,1-3H3,(H,59,62)/b10-7+,19-16+,28-25+,34-31+,36-33+,40-37+,45-42+. The number of hydrogen-bond acceptors (Lipinski definition) is 5. The van der Waals surface area contributed by atoms with Crippen molar-refractivity contribution in [2.75, 3.05) is 6.61 Å². The van der Waals surface area contributed by atoms with Gasteiger partial charge in [-0.15, -0.1) is 0 Å². The topological polar surface area (TPSA) is 95.9 Å². The first-order valence-electron chi connectivity index (χ1n) is 26.8. The maximum atomic E-state index is 13.2. The SMILES string of the molecule is CC/C=C/C/C=C/C/C=C/C/C=C/C/C=C/CCC(=O)OC(CCC/C=C/C=C/CCCCCCCCC)CC(=O)NC(CO)C(O)CCCCCCCCCCCCCCCCC. The highest BCUT2D eigenvalue weighted by Gasteiger charge is 2.23. The van der Waals surface area contributed by atoms with E-state index >= 15 is 0 Å². The van der Waals surface area contributed by atoms with E-state index in [2.05, 4.69) is 105 Å². The van der Waals surface area contributed by atoms with Crippen LogP contribution in [0.25, 0.3) is 0 Å². The van der Waals surface area contributed by atoms with Gasteiger partial charge in [-0.25, -0.2) is 0 Å². The maximum Gasteiger partial charge on any atom is 0.306 e. The van der Waals surface area contributed by atoms with Gasteiger partial charge in [0.2, 0.25) is 5.91 Å². The van der Waals surface area contributed by atoms with Crippen molar-refractivity contribution in [1.29, 1.82) is 0 Å². The summed E-state index contributed by atoms with van der Waals surface area (Å²) in [6, 6.07) is -0.735. The van der Waals surface area contributed by atoms with Crippen LogP contribution in [0.4, 0.5) is 0 Å². The number of carbonyl (C=O) groups excluding carboxylic acids is 2. The second-order valence-corrected chi connectivity index (χ2v) is 17.9. The molecule has 0 aromatic heterocycles. The Kier molecular flexibility index (Phi) is 48.7. The number of allylic oxidation sites excluding steroid dienone is 14. The van der Waals surface area contributed by atoms with Gasteiger partial charge >= 0.3 is 5.97 Å². The lowest BCUT2D eigenvalue weighted by molar-refractivity contribution is -0.150. The van der Waals surface area contributed by atoms with Gasteiger partial charge in [-0.05, 0) is 77.0 Å². The first kappa shape index (κ1) is 61.0. The van der Waals surface area contributed by atoms with E-state index in [0.29, 0.717) is 19.3 Å². The van der Waals surface area contributed by atoms with Crippen LogP contribution in [0.1, 0.15) is 245 Å². The van der Waals surface area contributed by atoms with E-state index in [1.165, 1.54) is 122 Å². The van der Waals surface area contributed by atoms with E-state index in [-0.39, 0.29) is 31.3 Å². The molecule has 0 rings (SSSR count). The molecule has 3 atom stereocenters. The fourth-order valence-electron chi connectivity index (χ4n) is 7.71. The van der Waals surface area contributed by atoms with Crippen molar-refractivity contribution in [1.82, 2.24) is 5.32 Å². The van der Waals surface area contributed by atoms with E-state index in [0.717, 1.165) is 70.6 Å². The number of unbranched alkanes of at least 4 members (excludes halogenated alkanes) is 22. The molecule has 3 unspecified atom stereocenters. The second kappa shape index (κ2) is 51.0. The summed E-state index contributed by atoms with van der Waals surface area (Å²) in [6.07, 6.45) is 66.6. The van der Waals surface area contributed by atoms with Crippen LogP contribution in [-0.4, -0.2) is 46.9 Å². The molecular formula is C58H101NO5. The van der Waals surface area contributed by atoms with Crippen molar-refractivity contribution in [3.05, 3.63) is 85.1 Å². The van der Waals surface area contributed by atoms with Gasteiger partial charge in [-0.2, -0.15) is 0 Å². The summed E-state index contributed by atoms with van der Waals surface area (Å²) < 4.78 is 5.87. The number of nitrogens with one attached hydrogen (secondary N) is 1. The molecule has 0 aliphatic heterocycles. The van der Waals surface area contributed by atoms with E-state index in [9.17, 15) is 19.8 Å². The average molecular weight is 892 g/mol. The molecule has 0 aromatic carbocycles. The lowest BCUT2D eigenvalue weighted by Crippen LogP contribution is -2.46. The van der Waals surface area contributed by atoms with Gasteiger partial charge in [-0.3, -0.25) is 9.59 Å².